The highest BCUT2D eigenvalue weighted by molar-refractivity contribution is 5.33. The van der Waals surface area contributed by atoms with Gasteiger partial charge in [-0.25, -0.2) is 4.79 Å². The summed E-state index contributed by atoms with van der Waals surface area (Å²) in [6.45, 7) is 4.67. The van der Waals surface area contributed by atoms with Gasteiger partial charge in [0, 0.05) is 19.8 Å². The molecule has 4 heteroatoms. The number of hydrogen-bond donors (Lipinski definition) is 1. The Balaban J connectivity index is 0.000000771. The van der Waals surface area contributed by atoms with E-state index < -0.39 is 0 Å². The van der Waals surface area contributed by atoms with Crippen LogP contribution in [0.25, 0.3) is 0 Å². The lowest BCUT2D eigenvalue weighted by Gasteiger charge is -2.05. The lowest BCUT2D eigenvalue weighted by atomic mass is 10.2. The summed E-state index contributed by atoms with van der Waals surface area (Å²) in [6, 6.07) is 11.8. The zero-order chi connectivity index (χ0) is 13.4. The molecule has 0 saturated carbocycles. The van der Waals surface area contributed by atoms with Gasteiger partial charge in [-0.1, -0.05) is 44.2 Å². The molecule has 1 N–H and O–H groups in total. The summed E-state index contributed by atoms with van der Waals surface area (Å²) in [6.07, 6.45) is 1.70. The molecule has 0 amide bonds. The summed E-state index contributed by atoms with van der Waals surface area (Å²) in [5.41, 5.74) is 0.906. The van der Waals surface area contributed by atoms with E-state index in [-0.39, 0.29) is 5.69 Å². The third-order valence-corrected chi connectivity index (χ3v) is 2.29. The maximum atomic E-state index is 11.3. The van der Waals surface area contributed by atoms with Crippen LogP contribution in [0.2, 0.25) is 0 Å². The third-order valence-electron chi connectivity index (χ3n) is 2.29. The van der Waals surface area contributed by atoms with Gasteiger partial charge >= 0.3 is 5.69 Å². The zero-order valence-corrected chi connectivity index (χ0v) is 11.1. The smallest absolute Gasteiger partial charge is 0.349 e. The summed E-state index contributed by atoms with van der Waals surface area (Å²) in [5, 5.41) is 3.10. The Bertz CT molecular complexity index is 520. The van der Waals surface area contributed by atoms with Crippen LogP contribution < -0.4 is 11.0 Å². The van der Waals surface area contributed by atoms with Gasteiger partial charge < -0.3 is 9.88 Å². The fourth-order valence-corrected chi connectivity index (χ4v) is 1.35. The molecule has 1 aromatic heterocycles. The molecule has 96 valence electrons. The fourth-order valence-electron chi connectivity index (χ4n) is 1.35. The second-order valence-corrected chi connectivity index (χ2v) is 3.55. The Hall–Kier alpha value is -2.10. The van der Waals surface area contributed by atoms with Crippen molar-refractivity contribution in [2.45, 2.75) is 20.4 Å². The van der Waals surface area contributed by atoms with Crippen molar-refractivity contribution in [3.8, 4) is 0 Å². The Morgan fingerprint density at radius 1 is 1.17 bits per heavy atom. The molecule has 18 heavy (non-hydrogen) atoms. The Morgan fingerprint density at radius 2 is 1.83 bits per heavy atom. The van der Waals surface area contributed by atoms with Crippen molar-refractivity contribution >= 4 is 5.82 Å². The molecule has 1 heterocycles. The SMILES string of the molecule is CC.Cn1ccc(NCc2ccccc2)nc1=O. The van der Waals surface area contributed by atoms with Crippen LogP contribution in [0.5, 0.6) is 0 Å². The molecule has 0 fully saturated rings. The van der Waals surface area contributed by atoms with E-state index >= 15 is 0 Å². The Labute approximate surface area is 107 Å². The van der Waals surface area contributed by atoms with E-state index in [4.69, 9.17) is 0 Å². The maximum absolute atomic E-state index is 11.3. The second kappa shape index (κ2) is 7.27. The van der Waals surface area contributed by atoms with Crippen molar-refractivity contribution in [3.05, 3.63) is 58.6 Å². The van der Waals surface area contributed by atoms with Gasteiger partial charge in [-0.3, -0.25) is 0 Å². The van der Waals surface area contributed by atoms with Crippen LogP contribution in [0.3, 0.4) is 0 Å². The number of hydrogen-bond acceptors (Lipinski definition) is 3. The number of aryl methyl sites for hydroxylation is 1. The monoisotopic (exact) mass is 245 g/mol. The predicted octanol–water partition coefficient (Wildman–Crippen LogP) is 2.42. The first-order valence-corrected chi connectivity index (χ1v) is 6.07. The van der Waals surface area contributed by atoms with Crippen LogP contribution in [0.15, 0.2) is 47.4 Å². The average Bonchev–Trinajstić information content (AvgIpc) is 2.44. The Kier molecular flexibility index (Phi) is 5.64. The van der Waals surface area contributed by atoms with Crippen LogP contribution in [0.4, 0.5) is 5.82 Å². The van der Waals surface area contributed by atoms with E-state index in [1.54, 1.807) is 19.3 Å². The largest absolute Gasteiger partial charge is 0.366 e. The van der Waals surface area contributed by atoms with E-state index in [1.165, 1.54) is 4.57 Å². The summed E-state index contributed by atoms with van der Waals surface area (Å²) in [4.78, 5) is 15.1. The van der Waals surface area contributed by atoms with E-state index in [2.05, 4.69) is 10.3 Å². The molecule has 0 saturated heterocycles. The van der Waals surface area contributed by atoms with Crippen LogP contribution >= 0.6 is 0 Å². The quantitative estimate of drug-likeness (QED) is 0.903. The number of nitrogens with zero attached hydrogens (tertiary/aromatic N) is 2. The van der Waals surface area contributed by atoms with Crippen molar-refractivity contribution in [2.24, 2.45) is 7.05 Å². The molecule has 0 radical (unpaired) electrons. The molecule has 0 bridgehead atoms. The van der Waals surface area contributed by atoms with Gasteiger partial charge in [0.1, 0.15) is 5.82 Å². The minimum absolute atomic E-state index is 0.252. The highest BCUT2D eigenvalue weighted by Gasteiger charge is 1.96. The van der Waals surface area contributed by atoms with Gasteiger partial charge in [0.25, 0.3) is 0 Å². The normalized spacial score (nSPS) is 9.28. The zero-order valence-electron chi connectivity index (χ0n) is 11.1. The minimum Gasteiger partial charge on any atom is -0.366 e. The number of rotatable bonds is 3. The summed E-state index contributed by atoms with van der Waals surface area (Å²) in [7, 11) is 1.68. The first-order chi connectivity index (χ1) is 8.75. The molecule has 2 rings (SSSR count). The molecule has 0 spiro atoms. The van der Waals surface area contributed by atoms with Gasteiger partial charge in [-0.2, -0.15) is 4.98 Å². The van der Waals surface area contributed by atoms with Crippen molar-refractivity contribution in [3.63, 3.8) is 0 Å². The van der Waals surface area contributed by atoms with Gasteiger partial charge in [-0.05, 0) is 11.6 Å². The number of nitrogens with one attached hydrogen (secondary N) is 1. The highest BCUT2D eigenvalue weighted by Crippen LogP contribution is 2.03. The van der Waals surface area contributed by atoms with Gasteiger partial charge in [0.15, 0.2) is 0 Å². The maximum Gasteiger partial charge on any atom is 0.349 e. The van der Waals surface area contributed by atoms with Crippen molar-refractivity contribution in [1.29, 1.82) is 0 Å². The first kappa shape index (κ1) is 14.0. The number of benzene rings is 1. The predicted molar refractivity (Wildman–Crippen MR) is 74.6 cm³/mol. The molecular formula is C14H19N3O. The van der Waals surface area contributed by atoms with Gasteiger partial charge in [-0.15, -0.1) is 0 Å². The fraction of sp³-hybridized carbons (Fsp3) is 0.286. The molecule has 2 aromatic rings. The molecule has 0 aliphatic carbocycles. The number of aromatic nitrogens is 2. The summed E-state index contributed by atoms with van der Waals surface area (Å²) >= 11 is 0. The third kappa shape index (κ3) is 4.05. The Morgan fingerprint density at radius 3 is 2.44 bits per heavy atom. The standard InChI is InChI=1S/C12H13N3O.C2H6/c1-15-8-7-11(14-12(15)16)13-9-10-5-3-2-4-6-10;1-2/h2-8H,9H2,1H3,(H,13,14,16);1-2H3. The van der Waals surface area contributed by atoms with Crippen LogP contribution in [0.1, 0.15) is 19.4 Å². The molecule has 0 atom stereocenters. The topological polar surface area (TPSA) is 46.9 Å². The van der Waals surface area contributed by atoms with Crippen LogP contribution in [0, 0.1) is 0 Å². The number of anilines is 1. The highest BCUT2D eigenvalue weighted by atomic mass is 16.1. The average molecular weight is 245 g/mol. The van der Waals surface area contributed by atoms with Crippen molar-refractivity contribution < 1.29 is 0 Å². The first-order valence-electron chi connectivity index (χ1n) is 6.07. The lowest BCUT2D eigenvalue weighted by molar-refractivity contribution is 0.810. The minimum atomic E-state index is -0.252. The van der Waals surface area contributed by atoms with E-state index in [9.17, 15) is 4.79 Å². The van der Waals surface area contributed by atoms with E-state index in [1.807, 2.05) is 44.2 Å². The summed E-state index contributed by atoms with van der Waals surface area (Å²) in [5.74, 6) is 0.604. The molecule has 4 nitrogen and oxygen atoms in total. The second-order valence-electron chi connectivity index (χ2n) is 3.55. The molecular weight excluding hydrogens is 226 g/mol. The molecule has 1 aromatic carbocycles. The van der Waals surface area contributed by atoms with Crippen LogP contribution in [-0.4, -0.2) is 9.55 Å². The van der Waals surface area contributed by atoms with Gasteiger partial charge in [0.2, 0.25) is 0 Å². The van der Waals surface area contributed by atoms with E-state index in [0.717, 1.165) is 5.56 Å². The van der Waals surface area contributed by atoms with Gasteiger partial charge in [0.05, 0.1) is 0 Å². The molecule has 0 aliphatic heterocycles. The van der Waals surface area contributed by atoms with Crippen molar-refractivity contribution in [1.82, 2.24) is 9.55 Å². The van der Waals surface area contributed by atoms with Crippen LogP contribution in [-0.2, 0) is 13.6 Å². The van der Waals surface area contributed by atoms with E-state index in [0.29, 0.717) is 12.4 Å². The summed E-state index contributed by atoms with van der Waals surface area (Å²) < 4.78 is 1.44. The molecule has 0 unspecified atom stereocenters. The van der Waals surface area contributed by atoms with Crippen molar-refractivity contribution in [2.75, 3.05) is 5.32 Å². The molecule has 0 aliphatic rings. The lowest BCUT2D eigenvalue weighted by Crippen LogP contribution is -2.20.